The number of fused-ring (bicyclic) bond motifs is 1. The Hall–Kier alpha value is -2.92. The van der Waals surface area contributed by atoms with Crippen LogP contribution in [0, 0.1) is 0 Å². The number of benzene rings is 2. The first-order valence-corrected chi connectivity index (χ1v) is 12.3. The summed E-state index contributed by atoms with van der Waals surface area (Å²) in [5.74, 6) is -1.24. The highest BCUT2D eigenvalue weighted by molar-refractivity contribution is 7.88. The maximum atomic E-state index is 11.9. The molecule has 166 valence electrons. The topological polar surface area (TPSA) is 125 Å². The number of halogens is 1. The summed E-state index contributed by atoms with van der Waals surface area (Å²) in [7, 11) is -3.70. The molecule has 0 bridgehead atoms. The molecule has 0 spiro atoms. The van der Waals surface area contributed by atoms with Gasteiger partial charge in [-0.25, -0.2) is 23.3 Å². The SMILES string of the molecule is C[C@@H](Oc1cc(-n2cnc3ccc(CS(N)(=O)=O)cc32)sc1C(=O)O)c1ccccc1Cl. The van der Waals surface area contributed by atoms with Gasteiger partial charge in [-0.05, 0) is 30.7 Å². The number of hydrogen-bond donors (Lipinski definition) is 2. The van der Waals surface area contributed by atoms with Gasteiger partial charge in [0.15, 0.2) is 4.88 Å². The molecule has 32 heavy (non-hydrogen) atoms. The molecule has 0 saturated carbocycles. The second-order valence-corrected chi connectivity index (χ2v) is 10.2. The molecule has 8 nitrogen and oxygen atoms in total. The number of nitrogens with two attached hydrogens (primary N) is 1. The van der Waals surface area contributed by atoms with Gasteiger partial charge in [-0.15, -0.1) is 11.3 Å². The van der Waals surface area contributed by atoms with E-state index in [1.165, 1.54) is 0 Å². The van der Waals surface area contributed by atoms with Crippen molar-refractivity contribution in [1.82, 2.24) is 9.55 Å². The van der Waals surface area contributed by atoms with Crippen LogP contribution in [-0.4, -0.2) is 29.0 Å². The molecule has 2 heterocycles. The van der Waals surface area contributed by atoms with E-state index in [1.807, 2.05) is 12.1 Å². The van der Waals surface area contributed by atoms with Crippen LogP contribution in [-0.2, 0) is 15.8 Å². The average molecular weight is 492 g/mol. The molecule has 0 unspecified atom stereocenters. The number of carboxylic acid groups (broad SMARTS) is 1. The molecule has 4 aromatic rings. The van der Waals surface area contributed by atoms with E-state index in [1.54, 1.807) is 54.2 Å². The molecule has 0 saturated heterocycles. The zero-order chi connectivity index (χ0) is 23.0. The summed E-state index contributed by atoms with van der Waals surface area (Å²) in [6, 6.07) is 13.8. The highest BCUT2D eigenvalue weighted by Gasteiger charge is 2.22. The number of thiophene rings is 1. The van der Waals surface area contributed by atoms with Crippen LogP contribution in [0.1, 0.15) is 33.8 Å². The van der Waals surface area contributed by atoms with E-state index in [-0.39, 0.29) is 16.4 Å². The number of primary sulfonamides is 1. The van der Waals surface area contributed by atoms with Crippen LogP contribution in [0.3, 0.4) is 0 Å². The van der Waals surface area contributed by atoms with Gasteiger partial charge in [0.05, 0.1) is 16.8 Å². The first kappa shape index (κ1) is 22.3. The average Bonchev–Trinajstić information content (AvgIpc) is 3.30. The van der Waals surface area contributed by atoms with Crippen molar-refractivity contribution in [2.24, 2.45) is 5.14 Å². The fraction of sp³-hybridized carbons (Fsp3) is 0.143. The predicted molar refractivity (Wildman–Crippen MR) is 123 cm³/mol. The van der Waals surface area contributed by atoms with E-state index in [0.29, 0.717) is 26.6 Å². The van der Waals surface area contributed by atoms with E-state index in [4.69, 9.17) is 21.5 Å². The van der Waals surface area contributed by atoms with Crippen molar-refractivity contribution in [2.75, 3.05) is 0 Å². The second kappa shape index (κ2) is 8.55. The van der Waals surface area contributed by atoms with Crippen LogP contribution < -0.4 is 9.88 Å². The van der Waals surface area contributed by atoms with Crippen LogP contribution in [0.2, 0.25) is 5.02 Å². The van der Waals surface area contributed by atoms with Crippen LogP contribution in [0.25, 0.3) is 16.0 Å². The normalized spacial score (nSPS) is 12.7. The van der Waals surface area contributed by atoms with Crippen LogP contribution in [0.4, 0.5) is 0 Å². The minimum atomic E-state index is -3.70. The molecular weight excluding hydrogens is 474 g/mol. The minimum absolute atomic E-state index is 0.0291. The molecule has 1 atom stereocenters. The number of nitrogens with zero attached hydrogens (tertiary/aromatic N) is 2. The van der Waals surface area contributed by atoms with E-state index in [9.17, 15) is 18.3 Å². The molecule has 2 aromatic carbocycles. The Morgan fingerprint density at radius 1 is 1.28 bits per heavy atom. The predicted octanol–water partition coefficient (Wildman–Crippen LogP) is 4.37. The number of aromatic carboxylic acids is 1. The molecule has 0 amide bonds. The summed E-state index contributed by atoms with van der Waals surface area (Å²) in [5.41, 5.74) is 2.48. The van der Waals surface area contributed by atoms with Gasteiger partial charge in [-0.1, -0.05) is 35.9 Å². The largest absolute Gasteiger partial charge is 0.484 e. The maximum absolute atomic E-state index is 11.9. The Kier molecular flexibility index (Phi) is 5.95. The van der Waals surface area contributed by atoms with Gasteiger partial charge in [0.1, 0.15) is 23.2 Å². The lowest BCUT2D eigenvalue weighted by atomic mass is 10.1. The molecule has 3 N–H and O–H groups in total. The van der Waals surface area contributed by atoms with Crippen molar-refractivity contribution in [3.8, 4) is 10.8 Å². The number of aromatic nitrogens is 2. The van der Waals surface area contributed by atoms with Crippen LogP contribution >= 0.6 is 22.9 Å². The Labute approximate surface area is 192 Å². The Morgan fingerprint density at radius 3 is 2.72 bits per heavy atom. The van der Waals surface area contributed by atoms with Crippen molar-refractivity contribution >= 4 is 50.0 Å². The summed E-state index contributed by atoms with van der Waals surface area (Å²) in [5, 5.41) is 15.9. The summed E-state index contributed by atoms with van der Waals surface area (Å²) in [6.45, 7) is 1.79. The zero-order valence-electron chi connectivity index (χ0n) is 16.7. The van der Waals surface area contributed by atoms with Crippen molar-refractivity contribution in [1.29, 1.82) is 0 Å². The molecule has 0 aliphatic rings. The second-order valence-electron chi connectivity index (χ2n) is 7.11. The van der Waals surface area contributed by atoms with Crippen molar-refractivity contribution in [2.45, 2.75) is 18.8 Å². The molecule has 11 heteroatoms. The van der Waals surface area contributed by atoms with Crippen LogP contribution in [0.5, 0.6) is 5.75 Å². The minimum Gasteiger partial charge on any atom is -0.484 e. The third-order valence-corrected chi connectivity index (χ3v) is 6.93. The first-order chi connectivity index (χ1) is 15.1. The van der Waals surface area contributed by atoms with Gasteiger partial charge in [0.2, 0.25) is 10.0 Å². The number of sulfonamides is 1. The molecular formula is C21H18ClN3O5S2. The van der Waals surface area contributed by atoms with E-state index < -0.39 is 22.1 Å². The quantitative estimate of drug-likeness (QED) is 0.395. The van der Waals surface area contributed by atoms with E-state index in [2.05, 4.69) is 4.98 Å². The van der Waals surface area contributed by atoms with Gasteiger partial charge in [-0.2, -0.15) is 0 Å². The summed E-state index contributed by atoms with van der Waals surface area (Å²) in [6.07, 6.45) is 1.06. The van der Waals surface area contributed by atoms with Crippen LogP contribution in [0.15, 0.2) is 54.9 Å². The van der Waals surface area contributed by atoms with E-state index in [0.717, 1.165) is 16.9 Å². The fourth-order valence-electron chi connectivity index (χ4n) is 3.33. The number of imidazole rings is 1. The summed E-state index contributed by atoms with van der Waals surface area (Å²) < 4.78 is 30.6. The first-order valence-electron chi connectivity index (χ1n) is 9.37. The van der Waals surface area contributed by atoms with Gasteiger partial charge >= 0.3 is 5.97 Å². The summed E-state index contributed by atoms with van der Waals surface area (Å²) >= 11 is 7.27. The number of carboxylic acids is 1. The lowest BCUT2D eigenvalue weighted by molar-refractivity contribution is 0.0695. The smallest absolute Gasteiger partial charge is 0.349 e. The van der Waals surface area contributed by atoms with Crippen molar-refractivity contribution in [3.05, 3.63) is 75.9 Å². The number of carbonyl (C=O) groups is 1. The number of hydrogen-bond acceptors (Lipinski definition) is 6. The van der Waals surface area contributed by atoms with Gasteiger partial charge in [-0.3, -0.25) is 4.57 Å². The Bertz CT molecular complexity index is 1430. The molecule has 0 radical (unpaired) electrons. The number of ether oxygens (including phenoxy) is 1. The van der Waals surface area contributed by atoms with Crippen molar-refractivity contribution < 1.29 is 23.1 Å². The van der Waals surface area contributed by atoms with Crippen molar-refractivity contribution in [3.63, 3.8) is 0 Å². The molecule has 0 aliphatic carbocycles. The summed E-state index contributed by atoms with van der Waals surface area (Å²) in [4.78, 5) is 16.2. The highest BCUT2D eigenvalue weighted by atomic mass is 35.5. The third kappa shape index (κ3) is 4.63. The number of rotatable bonds is 7. The van der Waals surface area contributed by atoms with Gasteiger partial charge in [0, 0.05) is 16.7 Å². The lowest BCUT2D eigenvalue weighted by Crippen LogP contribution is -2.14. The monoisotopic (exact) mass is 491 g/mol. The zero-order valence-corrected chi connectivity index (χ0v) is 19.1. The molecule has 4 rings (SSSR count). The molecule has 0 aliphatic heterocycles. The van der Waals surface area contributed by atoms with E-state index >= 15 is 0 Å². The maximum Gasteiger partial charge on any atom is 0.349 e. The standard InChI is InChI=1S/C21H18ClN3O5S2/c1-12(14-4-2-3-5-15(14)22)30-18-9-19(31-20(18)21(26)27)25-11-24-16-7-6-13(8-17(16)25)10-32(23,28)29/h2-9,11-12H,10H2,1H3,(H,26,27)(H2,23,28,29)/t12-/m1/s1. The Morgan fingerprint density at radius 2 is 2.03 bits per heavy atom. The highest BCUT2D eigenvalue weighted by Crippen LogP contribution is 2.37. The fourth-order valence-corrected chi connectivity index (χ4v) is 5.17. The lowest BCUT2D eigenvalue weighted by Gasteiger charge is -2.15. The molecule has 0 fully saturated rings. The molecule has 2 aromatic heterocycles. The van der Waals surface area contributed by atoms with Gasteiger partial charge in [0.25, 0.3) is 0 Å². The third-order valence-electron chi connectivity index (χ3n) is 4.74. The van der Waals surface area contributed by atoms with Gasteiger partial charge < -0.3 is 9.84 Å². The Balaban J connectivity index is 1.74.